The van der Waals surface area contributed by atoms with E-state index < -0.39 is 14.4 Å². The largest absolute Gasteiger partial charge is 0.465 e. The fraction of sp³-hybridized carbons (Fsp3) is 0.500. The molecule has 0 aliphatic carbocycles. The van der Waals surface area contributed by atoms with E-state index in [9.17, 15) is 4.79 Å². The van der Waals surface area contributed by atoms with E-state index in [0.717, 1.165) is 11.1 Å². The topological polar surface area (TPSA) is 58.6 Å². The highest BCUT2D eigenvalue weighted by atomic mass is 28.4. The first kappa shape index (κ1) is 19.3. The van der Waals surface area contributed by atoms with Crippen LogP contribution in [-0.2, 0) is 4.43 Å². The van der Waals surface area contributed by atoms with Gasteiger partial charge >= 0.3 is 6.09 Å². The van der Waals surface area contributed by atoms with Crippen molar-refractivity contribution in [3.05, 3.63) is 35.4 Å². The molecule has 0 bridgehead atoms. The first-order valence-corrected chi connectivity index (χ1v) is 10.6. The van der Waals surface area contributed by atoms with E-state index in [0.29, 0.717) is 6.61 Å². The van der Waals surface area contributed by atoms with Gasteiger partial charge in [-0.05, 0) is 42.8 Å². The molecule has 5 heteroatoms. The number of carboxylic acid groups (broad SMARTS) is 1. The lowest BCUT2D eigenvalue weighted by Crippen LogP contribution is -2.43. The maximum absolute atomic E-state index is 11.1. The summed E-state index contributed by atoms with van der Waals surface area (Å²) < 4.78 is 6.17. The third-order valence-corrected chi connectivity index (χ3v) is 8.80. The van der Waals surface area contributed by atoms with Crippen molar-refractivity contribution < 1.29 is 14.3 Å². The molecule has 0 radical (unpaired) electrons. The molecular formula is C18H27NO3Si. The molecule has 0 aromatic heterocycles. The van der Waals surface area contributed by atoms with Crippen molar-refractivity contribution in [3.8, 4) is 11.8 Å². The molecule has 23 heavy (non-hydrogen) atoms. The summed E-state index contributed by atoms with van der Waals surface area (Å²) in [5.74, 6) is 5.83. The minimum atomic E-state index is -1.93. The predicted octanol–water partition coefficient (Wildman–Crippen LogP) is 4.39. The van der Waals surface area contributed by atoms with Gasteiger partial charge in [0.05, 0.1) is 12.6 Å². The fourth-order valence-corrected chi connectivity index (χ4v) is 2.84. The number of benzene rings is 1. The molecule has 1 rings (SSSR count). The van der Waals surface area contributed by atoms with E-state index in [1.165, 1.54) is 0 Å². The van der Waals surface area contributed by atoms with Crippen molar-refractivity contribution in [1.82, 2.24) is 5.32 Å². The number of hydrogen-bond acceptors (Lipinski definition) is 2. The first-order chi connectivity index (χ1) is 10.6. The Morgan fingerprint density at radius 2 is 1.87 bits per heavy atom. The molecule has 1 amide bonds. The Morgan fingerprint density at radius 1 is 1.30 bits per heavy atom. The van der Waals surface area contributed by atoms with Crippen LogP contribution in [0, 0.1) is 11.8 Å². The second-order valence-corrected chi connectivity index (χ2v) is 11.9. The SMILES string of the molecule is CC#Cc1ccc([C@H](CO[Si](C)(C)C(C)(C)C)NC(=O)O)cc1. The molecule has 0 heterocycles. The highest BCUT2D eigenvalue weighted by Gasteiger charge is 2.37. The molecule has 0 fully saturated rings. The summed E-state index contributed by atoms with van der Waals surface area (Å²) in [6.07, 6.45) is -1.05. The van der Waals surface area contributed by atoms with Gasteiger partial charge in [0, 0.05) is 5.56 Å². The van der Waals surface area contributed by atoms with Crippen molar-refractivity contribution in [1.29, 1.82) is 0 Å². The zero-order valence-corrected chi connectivity index (χ0v) is 15.9. The molecular weight excluding hydrogens is 306 g/mol. The van der Waals surface area contributed by atoms with Gasteiger partial charge < -0.3 is 14.8 Å². The molecule has 126 valence electrons. The maximum Gasteiger partial charge on any atom is 0.405 e. The molecule has 1 aromatic rings. The van der Waals surface area contributed by atoms with Crippen molar-refractivity contribution in [2.45, 2.75) is 51.9 Å². The van der Waals surface area contributed by atoms with Gasteiger partial charge in [-0.3, -0.25) is 0 Å². The molecule has 0 saturated heterocycles. The monoisotopic (exact) mass is 333 g/mol. The van der Waals surface area contributed by atoms with Crippen molar-refractivity contribution >= 4 is 14.4 Å². The minimum absolute atomic E-state index is 0.0847. The fourth-order valence-electron chi connectivity index (χ4n) is 1.82. The minimum Gasteiger partial charge on any atom is -0.465 e. The summed E-state index contributed by atoms with van der Waals surface area (Å²) in [5, 5.41) is 11.7. The Hall–Kier alpha value is -1.77. The number of hydrogen-bond donors (Lipinski definition) is 2. The molecule has 1 aromatic carbocycles. The summed E-state index contributed by atoms with van der Waals surface area (Å²) in [6, 6.07) is 7.21. The quantitative estimate of drug-likeness (QED) is 0.620. The Kier molecular flexibility index (Phi) is 6.43. The van der Waals surface area contributed by atoms with Crippen LogP contribution in [0.5, 0.6) is 0 Å². The number of amides is 1. The van der Waals surface area contributed by atoms with Gasteiger partial charge in [-0.2, -0.15) is 0 Å². The zero-order chi connectivity index (χ0) is 17.7. The Morgan fingerprint density at radius 3 is 2.30 bits per heavy atom. The second-order valence-electron chi connectivity index (χ2n) is 7.07. The van der Waals surface area contributed by atoms with Crippen molar-refractivity contribution in [3.63, 3.8) is 0 Å². The summed E-state index contributed by atoms with van der Waals surface area (Å²) >= 11 is 0. The maximum atomic E-state index is 11.1. The van der Waals surface area contributed by atoms with Crippen LogP contribution in [0.4, 0.5) is 4.79 Å². The molecule has 0 aliphatic heterocycles. The average Bonchev–Trinajstić information content (AvgIpc) is 2.43. The highest BCUT2D eigenvalue weighted by molar-refractivity contribution is 6.74. The number of nitrogens with one attached hydrogen (secondary N) is 1. The van der Waals surface area contributed by atoms with Crippen LogP contribution in [0.25, 0.3) is 0 Å². The molecule has 0 saturated carbocycles. The average molecular weight is 334 g/mol. The normalized spacial score (nSPS) is 13.0. The van der Waals surface area contributed by atoms with E-state index in [4.69, 9.17) is 9.53 Å². The van der Waals surface area contributed by atoms with Crippen molar-refractivity contribution in [2.75, 3.05) is 6.61 Å². The van der Waals surface area contributed by atoms with Crippen LogP contribution < -0.4 is 5.32 Å². The molecule has 2 N–H and O–H groups in total. The highest BCUT2D eigenvalue weighted by Crippen LogP contribution is 2.37. The molecule has 0 aliphatic rings. The molecule has 0 spiro atoms. The lowest BCUT2D eigenvalue weighted by Gasteiger charge is -2.37. The standard InChI is InChI=1S/C18H27NO3Si/c1-7-8-14-9-11-15(12-10-14)16(19-17(20)21)13-22-23(5,6)18(2,3)4/h9-12,16,19H,13H2,1-6H3,(H,20,21)/t16-/m0/s1. The van der Waals surface area contributed by atoms with Crippen LogP contribution in [0.1, 0.15) is 44.9 Å². The van der Waals surface area contributed by atoms with Crippen LogP contribution in [0.3, 0.4) is 0 Å². The molecule has 4 nitrogen and oxygen atoms in total. The van der Waals surface area contributed by atoms with Gasteiger partial charge in [-0.25, -0.2) is 4.79 Å². The third-order valence-electron chi connectivity index (χ3n) is 4.30. The number of rotatable bonds is 5. The van der Waals surface area contributed by atoms with Gasteiger partial charge in [-0.1, -0.05) is 38.8 Å². The van der Waals surface area contributed by atoms with Gasteiger partial charge in [-0.15, -0.1) is 5.92 Å². The molecule has 0 unspecified atom stereocenters. The number of carbonyl (C=O) groups is 1. The van der Waals surface area contributed by atoms with Crippen LogP contribution in [-0.4, -0.2) is 26.1 Å². The van der Waals surface area contributed by atoms with Gasteiger partial charge in [0.2, 0.25) is 0 Å². The van der Waals surface area contributed by atoms with E-state index in [2.05, 4.69) is 51.0 Å². The zero-order valence-electron chi connectivity index (χ0n) is 14.9. The third kappa shape index (κ3) is 5.74. The van der Waals surface area contributed by atoms with E-state index in [1.807, 2.05) is 24.3 Å². The smallest absolute Gasteiger partial charge is 0.405 e. The van der Waals surface area contributed by atoms with E-state index >= 15 is 0 Å². The van der Waals surface area contributed by atoms with Gasteiger partial charge in [0.15, 0.2) is 8.32 Å². The second kappa shape index (κ2) is 7.67. The van der Waals surface area contributed by atoms with E-state index in [1.54, 1.807) is 6.92 Å². The lowest BCUT2D eigenvalue weighted by molar-refractivity contribution is 0.178. The van der Waals surface area contributed by atoms with Crippen LogP contribution >= 0.6 is 0 Å². The summed E-state index contributed by atoms with van der Waals surface area (Å²) in [4.78, 5) is 11.1. The first-order valence-electron chi connectivity index (χ1n) is 7.73. The van der Waals surface area contributed by atoms with Crippen LogP contribution in [0.2, 0.25) is 18.1 Å². The summed E-state index contributed by atoms with van der Waals surface area (Å²) in [7, 11) is -1.93. The van der Waals surface area contributed by atoms with E-state index in [-0.39, 0.29) is 11.1 Å². The van der Waals surface area contributed by atoms with Crippen molar-refractivity contribution in [2.24, 2.45) is 0 Å². The summed E-state index contributed by atoms with van der Waals surface area (Å²) in [6.45, 7) is 12.9. The Bertz CT molecular complexity index is 591. The van der Waals surface area contributed by atoms with Gasteiger partial charge in [0.1, 0.15) is 0 Å². The predicted molar refractivity (Wildman–Crippen MR) is 96.0 cm³/mol. The summed E-state index contributed by atoms with van der Waals surface area (Å²) in [5.41, 5.74) is 1.79. The van der Waals surface area contributed by atoms with Crippen LogP contribution in [0.15, 0.2) is 24.3 Å². The lowest BCUT2D eigenvalue weighted by atomic mass is 10.1. The Balaban J connectivity index is 2.92. The van der Waals surface area contributed by atoms with Gasteiger partial charge in [0.25, 0.3) is 0 Å². The molecule has 1 atom stereocenters. The Labute approximate surface area is 140 Å².